The Morgan fingerprint density at radius 1 is 0.720 bits per heavy atom. The standard InChI is InChI=1S/C22H20F2O/c23-16-6-2-14(3-7-16)18-12-21(18)10-1-11-22(20(21)25)13-19(22)15-4-8-17(24)9-5-15/h2-9,18-19H,1,10-13H2/t18-,19-,21-,22-/m1/s1. The molecule has 0 aromatic heterocycles. The Kier molecular flexibility index (Phi) is 3.05. The quantitative estimate of drug-likeness (QED) is 0.720. The molecular weight excluding hydrogens is 318 g/mol. The summed E-state index contributed by atoms with van der Waals surface area (Å²) in [5.74, 6) is 0.432. The molecule has 3 aliphatic carbocycles. The lowest BCUT2D eigenvalue weighted by molar-refractivity contribution is -0.132. The summed E-state index contributed by atoms with van der Waals surface area (Å²) in [5, 5.41) is 0. The van der Waals surface area contributed by atoms with Crippen LogP contribution in [0.3, 0.4) is 0 Å². The fourth-order valence-electron chi connectivity index (χ4n) is 5.37. The van der Waals surface area contributed by atoms with Gasteiger partial charge in [0.25, 0.3) is 0 Å². The van der Waals surface area contributed by atoms with E-state index in [-0.39, 0.29) is 34.3 Å². The van der Waals surface area contributed by atoms with Crippen LogP contribution in [0.15, 0.2) is 48.5 Å². The number of ketones is 1. The second kappa shape index (κ2) is 5.00. The molecule has 2 spiro atoms. The molecule has 0 saturated heterocycles. The number of halogens is 2. The Hall–Kier alpha value is -2.03. The molecule has 3 fully saturated rings. The zero-order valence-corrected chi connectivity index (χ0v) is 14.0. The molecule has 3 saturated carbocycles. The molecule has 0 radical (unpaired) electrons. The monoisotopic (exact) mass is 338 g/mol. The van der Waals surface area contributed by atoms with Gasteiger partial charge in [-0.1, -0.05) is 30.7 Å². The van der Waals surface area contributed by atoms with Gasteiger partial charge in [0.2, 0.25) is 0 Å². The third-order valence-corrected chi connectivity index (χ3v) is 6.85. The van der Waals surface area contributed by atoms with E-state index in [1.54, 1.807) is 0 Å². The van der Waals surface area contributed by atoms with E-state index in [2.05, 4.69) is 0 Å². The van der Waals surface area contributed by atoms with E-state index >= 15 is 0 Å². The lowest BCUT2D eigenvalue weighted by atomic mass is 9.72. The number of hydrogen-bond donors (Lipinski definition) is 0. The second-order valence-corrected chi connectivity index (χ2v) is 8.11. The maximum atomic E-state index is 13.4. The minimum Gasteiger partial charge on any atom is -0.298 e. The Labute approximate surface area is 146 Å². The van der Waals surface area contributed by atoms with Crippen LogP contribution in [0.1, 0.15) is 55.1 Å². The van der Waals surface area contributed by atoms with Crippen LogP contribution in [-0.4, -0.2) is 5.78 Å². The average Bonchev–Trinajstić information content (AvgIpc) is 3.51. The Bertz CT molecular complexity index is 772. The van der Waals surface area contributed by atoms with Gasteiger partial charge in [-0.3, -0.25) is 4.79 Å². The molecule has 0 heterocycles. The highest BCUT2D eigenvalue weighted by Gasteiger charge is 2.72. The van der Waals surface area contributed by atoms with Crippen LogP contribution in [0.2, 0.25) is 0 Å². The summed E-state index contributed by atoms with van der Waals surface area (Å²) in [6, 6.07) is 13.3. The second-order valence-electron chi connectivity index (χ2n) is 8.11. The number of rotatable bonds is 2. The zero-order valence-electron chi connectivity index (χ0n) is 14.0. The molecule has 1 nitrogen and oxygen atoms in total. The summed E-state index contributed by atoms with van der Waals surface area (Å²) in [6.45, 7) is 0. The van der Waals surface area contributed by atoms with Gasteiger partial charge in [0.15, 0.2) is 0 Å². The molecule has 0 N–H and O–H groups in total. The smallest absolute Gasteiger partial charge is 0.146 e. The molecule has 2 aromatic rings. The van der Waals surface area contributed by atoms with E-state index in [1.807, 2.05) is 24.3 Å². The van der Waals surface area contributed by atoms with Crippen LogP contribution in [0.5, 0.6) is 0 Å². The number of carbonyl (C=O) groups excluding carboxylic acids is 1. The summed E-state index contributed by atoms with van der Waals surface area (Å²) >= 11 is 0. The molecule has 5 rings (SSSR count). The molecule has 3 aliphatic rings. The molecule has 2 aromatic carbocycles. The number of hydrogen-bond acceptors (Lipinski definition) is 1. The van der Waals surface area contributed by atoms with Crippen molar-refractivity contribution in [3.63, 3.8) is 0 Å². The third kappa shape index (κ3) is 2.14. The van der Waals surface area contributed by atoms with E-state index in [4.69, 9.17) is 0 Å². The fraction of sp³-hybridized carbons (Fsp3) is 0.409. The van der Waals surface area contributed by atoms with Crippen molar-refractivity contribution >= 4 is 5.78 Å². The van der Waals surface area contributed by atoms with Gasteiger partial charge >= 0.3 is 0 Å². The number of Topliss-reactive ketones (excluding diaryl/α,β-unsaturated/α-hetero) is 1. The van der Waals surface area contributed by atoms with Crippen molar-refractivity contribution in [1.82, 2.24) is 0 Å². The molecule has 25 heavy (non-hydrogen) atoms. The third-order valence-electron chi connectivity index (χ3n) is 6.85. The highest BCUT2D eigenvalue weighted by Crippen LogP contribution is 2.75. The molecule has 128 valence electrons. The highest BCUT2D eigenvalue weighted by atomic mass is 19.1. The molecule has 0 unspecified atom stereocenters. The van der Waals surface area contributed by atoms with Crippen molar-refractivity contribution in [2.75, 3.05) is 0 Å². The summed E-state index contributed by atoms with van der Waals surface area (Å²) in [7, 11) is 0. The molecule has 0 amide bonds. The summed E-state index contributed by atoms with van der Waals surface area (Å²) in [6.07, 6.45) is 4.77. The van der Waals surface area contributed by atoms with Crippen molar-refractivity contribution in [3.8, 4) is 0 Å². The van der Waals surface area contributed by atoms with Gasteiger partial charge in [-0.15, -0.1) is 0 Å². The van der Waals surface area contributed by atoms with Crippen LogP contribution >= 0.6 is 0 Å². The van der Waals surface area contributed by atoms with Gasteiger partial charge in [0, 0.05) is 10.8 Å². The SMILES string of the molecule is O=C1[C@]2(CCC[C@]13C[C@@H]3c1ccc(F)cc1)C[C@@H]2c1ccc(F)cc1. The number of carbonyl (C=O) groups is 1. The lowest BCUT2D eigenvalue weighted by Crippen LogP contribution is -2.33. The van der Waals surface area contributed by atoms with E-state index < -0.39 is 0 Å². The number of benzene rings is 2. The topological polar surface area (TPSA) is 17.1 Å². The predicted molar refractivity (Wildman–Crippen MR) is 91.2 cm³/mol. The van der Waals surface area contributed by atoms with Gasteiger partial charge < -0.3 is 0 Å². The summed E-state index contributed by atoms with van der Waals surface area (Å²) in [4.78, 5) is 13.4. The first-order chi connectivity index (χ1) is 12.1. The molecular formula is C22H20F2O. The maximum Gasteiger partial charge on any atom is 0.146 e. The van der Waals surface area contributed by atoms with Crippen LogP contribution in [0, 0.1) is 22.5 Å². The first-order valence-electron chi connectivity index (χ1n) is 9.11. The Balaban J connectivity index is 1.41. The van der Waals surface area contributed by atoms with Crippen LogP contribution in [0.4, 0.5) is 8.78 Å². The normalized spacial score (nSPS) is 36.0. The molecule has 3 heteroatoms. The summed E-state index contributed by atoms with van der Waals surface area (Å²) in [5.41, 5.74) is 1.71. The minimum absolute atomic E-state index is 0.231. The van der Waals surface area contributed by atoms with Gasteiger partial charge in [-0.05, 0) is 72.9 Å². The van der Waals surface area contributed by atoms with Crippen LogP contribution < -0.4 is 0 Å². The van der Waals surface area contributed by atoms with Crippen LogP contribution in [0.25, 0.3) is 0 Å². The Morgan fingerprint density at radius 3 is 1.52 bits per heavy atom. The zero-order chi connectivity index (χ0) is 17.2. The molecule has 0 bridgehead atoms. The fourth-order valence-corrected chi connectivity index (χ4v) is 5.37. The molecule has 0 aliphatic heterocycles. The van der Waals surface area contributed by atoms with E-state index in [0.717, 1.165) is 43.2 Å². The molecule has 4 atom stereocenters. The van der Waals surface area contributed by atoms with Gasteiger partial charge in [0.1, 0.15) is 17.4 Å². The largest absolute Gasteiger partial charge is 0.298 e. The van der Waals surface area contributed by atoms with Crippen molar-refractivity contribution in [2.24, 2.45) is 10.8 Å². The van der Waals surface area contributed by atoms with E-state index in [9.17, 15) is 13.6 Å². The van der Waals surface area contributed by atoms with E-state index in [0.29, 0.717) is 5.78 Å². The van der Waals surface area contributed by atoms with E-state index in [1.165, 1.54) is 24.3 Å². The van der Waals surface area contributed by atoms with Crippen molar-refractivity contribution < 1.29 is 13.6 Å². The Morgan fingerprint density at radius 2 is 1.12 bits per heavy atom. The first kappa shape index (κ1) is 15.2. The van der Waals surface area contributed by atoms with Crippen molar-refractivity contribution in [1.29, 1.82) is 0 Å². The van der Waals surface area contributed by atoms with Crippen LogP contribution in [-0.2, 0) is 4.79 Å². The predicted octanol–water partition coefficient (Wildman–Crippen LogP) is 5.37. The lowest BCUT2D eigenvalue weighted by Gasteiger charge is -2.30. The van der Waals surface area contributed by atoms with Gasteiger partial charge in [0.05, 0.1) is 0 Å². The van der Waals surface area contributed by atoms with Gasteiger partial charge in [-0.25, -0.2) is 8.78 Å². The maximum absolute atomic E-state index is 13.4. The minimum atomic E-state index is -0.233. The highest BCUT2D eigenvalue weighted by molar-refractivity contribution is 5.98. The summed E-state index contributed by atoms with van der Waals surface area (Å²) < 4.78 is 26.4. The van der Waals surface area contributed by atoms with Crippen molar-refractivity contribution in [3.05, 3.63) is 71.3 Å². The van der Waals surface area contributed by atoms with Gasteiger partial charge in [-0.2, -0.15) is 0 Å². The first-order valence-corrected chi connectivity index (χ1v) is 9.11. The van der Waals surface area contributed by atoms with Crippen molar-refractivity contribution in [2.45, 2.75) is 43.9 Å². The average molecular weight is 338 g/mol.